The Bertz CT molecular complexity index is 700. The summed E-state index contributed by atoms with van der Waals surface area (Å²) >= 11 is 8.56. The van der Waals surface area contributed by atoms with E-state index in [-0.39, 0.29) is 21.2 Å². The van der Waals surface area contributed by atoms with Crippen LogP contribution in [0.5, 0.6) is 11.6 Å². The average Bonchev–Trinajstić information content (AvgIpc) is 2.34. The minimum atomic E-state index is -1.24. The second-order valence-corrected chi connectivity index (χ2v) is 4.85. The highest BCUT2D eigenvalue weighted by Gasteiger charge is 2.16. The zero-order chi connectivity index (χ0) is 14.9. The van der Waals surface area contributed by atoms with Gasteiger partial charge in [0.15, 0.2) is 11.6 Å². The minimum Gasteiger partial charge on any atom is -0.435 e. The maximum atomic E-state index is 13.5. The molecule has 2 aromatic rings. The summed E-state index contributed by atoms with van der Waals surface area (Å²) in [6.07, 6.45) is 0. The summed E-state index contributed by atoms with van der Waals surface area (Å²) in [5.74, 6) is -3.16. The zero-order valence-electron chi connectivity index (χ0n) is 9.44. The lowest BCUT2D eigenvalue weighted by atomic mass is 10.3. The molecule has 0 atom stereocenters. The summed E-state index contributed by atoms with van der Waals surface area (Å²) in [5, 5.41) is 10.5. The topological polar surface area (TPSA) is 65.3 Å². The first-order valence-electron chi connectivity index (χ1n) is 5.01. The molecule has 104 valence electrons. The Kier molecular flexibility index (Phi) is 4.15. The summed E-state index contributed by atoms with van der Waals surface area (Å²) in [5.41, 5.74) is -0.379. The maximum Gasteiger partial charge on any atom is 0.277 e. The SMILES string of the molecule is O=[N+]([O-])c1cc(Cl)nc(Oc2cc(Br)cc(F)c2F)c1. The molecule has 0 unspecified atom stereocenters. The van der Waals surface area contributed by atoms with Gasteiger partial charge in [0.25, 0.3) is 5.69 Å². The molecule has 0 aliphatic rings. The number of pyridine rings is 1. The Labute approximate surface area is 124 Å². The second kappa shape index (κ2) is 5.68. The molecule has 1 aromatic carbocycles. The highest BCUT2D eigenvalue weighted by Crippen LogP contribution is 2.31. The molecule has 0 aliphatic heterocycles. The number of hydrogen-bond acceptors (Lipinski definition) is 4. The Hall–Kier alpha value is -1.80. The monoisotopic (exact) mass is 364 g/mol. The number of benzene rings is 1. The smallest absolute Gasteiger partial charge is 0.277 e. The fourth-order valence-electron chi connectivity index (χ4n) is 1.34. The van der Waals surface area contributed by atoms with Crippen LogP contribution in [0.25, 0.3) is 0 Å². The number of nitro groups is 1. The Morgan fingerprint density at radius 1 is 1.30 bits per heavy atom. The van der Waals surface area contributed by atoms with E-state index in [2.05, 4.69) is 20.9 Å². The van der Waals surface area contributed by atoms with Crippen molar-refractivity contribution in [2.75, 3.05) is 0 Å². The molecule has 0 fully saturated rings. The molecule has 0 spiro atoms. The van der Waals surface area contributed by atoms with Crippen LogP contribution in [0.2, 0.25) is 5.15 Å². The predicted molar refractivity (Wildman–Crippen MR) is 70.0 cm³/mol. The van der Waals surface area contributed by atoms with Crippen LogP contribution in [0, 0.1) is 21.7 Å². The molecule has 0 radical (unpaired) electrons. The fourth-order valence-corrected chi connectivity index (χ4v) is 1.94. The number of halogens is 4. The molecule has 5 nitrogen and oxygen atoms in total. The molecule has 20 heavy (non-hydrogen) atoms. The van der Waals surface area contributed by atoms with Gasteiger partial charge in [-0.1, -0.05) is 27.5 Å². The molecular formula is C11H4BrClF2N2O3. The molecule has 2 rings (SSSR count). The molecule has 0 amide bonds. The van der Waals surface area contributed by atoms with E-state index in [1.165, 1.54) is 0 Å². The van der Waals surface area contributed by atoms with Gasteiger partial charge in [0.2, 0.25) is 11.7 Å². The van der Waals surface area contributed by atoms with Gasteiger partial charge < -0.3 is 4.74 Å². The number of ether oxygens (including phenoxy) is 1. The van der Waals surface area contributed by atoms with E-state index >= 15 is 0 Å². The fraction of sp³-hybridized carbons (Fsp3) is 0. The van der Waals surface area contributed by atoms with E-state index in [0.29, 0.717) is 0 Å². The molecule has 0 bridgehead atoms. The van der Waals surface area contributed by atoms with Gasteiger partial charge >= 0.3 is 0 Å². The van der Waals surface area contributed by atoms with E-state index < -0.39 is 22.3 Å². The van der Waals surface area contributed by atoms with E-state index in [1.54, 1.807) is 0 Å². The van der Waals surface area contributed by atoms with Crippen molar-refractivity contribution >= 4 is 33.2 Å². The molecule has 1 heterocycles. The molecule has 0 saturated heterocycles. The van der Waals surface area contributed by atoms with Gasteiger partial charge in [-0.25, -0.2) is 9.37 Å². The van der Waals surface area contributed by atoms with Crippen molar-refractivity contribution in [1.29, 1.82) is 0 Å². The lowest BCUT2D eigenvalue weighted by Gasteiger charge is -2.07. The second-order valence-electron chi connectivity index (χ2n) is 3.55. The Balaban J connectivity index is 2.42. The Morgan fingerprint density at radius 2 is 2.00 bits per heavy atom. The zero-order valence-corrected chi connectivity index (χ0v) is 11.8. The van der Waals surface area contributed by atoms with Crippen molar-refractivity contribution in [1.82, 2.24) is 4.98 Å². The van der Waals surface area contributed by atoms with Crippen molar-refractivity contribution in [3.8, 4) is 11.6 Å². The number of nitrogens with zero attached hydrogens (tertiary/aromatic N) is 2. The largest absolute Gasteiger partial charge is 0.435 e. The van der Waals surface area contributed by atoms with Gasteiger partial charge in [0.05, 0.1) is 17.1 Å². The molecule has 0 N–H and O–H groups in total. The van der Waals surface area contributed by atoms with Gasteiger partial charge in [-0.05, 0) is 12.1 Å². The summed E-state index contributed by atoms with van der Waals surface area (Å²) in [6, 6.07) is 4.03. The van der Waals surface area contributed by atoms with Crippen molar-refractivity contribution in [3.63, 3.8) is 0 Å². The summed E-state index contributed by atoms with van der Waals surface area (Å²) in [7, 11) is 0. The first-order valence-corrected chi connectivity index (χ1v) is 6.18. The molecule has 9 heteroatoms. The van der Waals surface area contributed by atoms with Gasteiger partial charge in [0, 0.05) is 4.47 Å². The minimum absolute atomic E-state index is 0.204. The Morgan fingerprint density at radius 3 is 2.65 bits per heavy atom. The van der Waals surface area contributed by atoms with E-state index in [9.17, 15) is 18.9 Å². The van der Waals surface area contributed by atoms with E-state index in [0.717, 1.165) is 24.3 Å². The van der Waals surface area contributed by atoms with E-state index in [1.807, 2.05) is 0 Å². The van der Waals surface area contributed by atoms with Crippen LogP contribution >= 0.6 is 27.5 Å². The van der Waals surface area contributed by atoms with Crippen LogP contribution in [0.4, 0.5) is 14.5 Å². The molecule has 1 aromatic heterocycles. The highest BCUT2D eigenvalue weighted by molar-refractivity contribution is 9.10. The molecule has 0 aliphatic carbocycles. The third-order valence-corrected chi connectivity index (χ3v) is 2.79. The third-order valence-electron chi connectivity index (χ3n) is 2.14. The van der Waals surface area contributed by atoms with Crippen LogP contribution < -0.4 is 4.74 Å². The third kappa shape index (κ3) is 3.20. The van der Waals surface area contributed by atoms with Crippen molar-refractivity contribution in [3.05, 3.63) is 55.6 Å². The van der Waals surface area contributed by atoms with Crippen molar-refractivity contribution in [2.45, 2.75) is 0 Å². The summed E-state index contributed by atoms with van der Waals surface area (Å²) in [6.45, 7) is 0. The normalized spacial score (nSPS) is 10.4. The highest BCUT2D eigenvalue weighted by atomic mass is 79.9. The number of hydrogen-bond donors (Lipinski definition) is 0. The van der Waals surface area contributed by atoms with Crippen LogP contribution in [0.15, 0.2) is 28.7 Å². The lowest BCUT2D eigenvalue weighted by Crippen LogP contribution is -1.96. The van der Waals surface area contributed by atoms with Gasteiger partial charge in [-0.2, -0.15) is 4.39 Å². The molecule has 0 saturated carbocycles. The van der Waals surface area contributed by atoms with Crippen molar-refractivity contribution < 1.29 is 18.4 Å². The first-order chi connectivity index (χ1) is 9.36. The number of rotatable bonds is 3. The van der Waals surface area contributed by atoms with E-state index in [4.69, 9.17) is 16.3 Å². The van der Waals surface area contributed by atoms with Crippen LogP contribution in [-0.2, 0) is 0 Å². The van der Waals surface area contributed by atoms with Gasteiger partial charge in [0.1, 0.15) is 5.15 Å². The molecular weight excluding hydrogens is 361 g/mol. The quantitative estimate of drug-likeness (QED) is 0.348. The van der Waals surface area contributed by atoms with Crippen molar-refractivity contribution in [2.24, 2.45) is 0 Å². The van der Waals surface area contributed by atoms with Crippen LogP contribution in [0.3, 0.4) is 0 Å². The first kappa shape index (κ1) is 14.6. The van der Waals surface area contributed by atoms with Crippen LogP contribution in [-0.4, -0.2) is 9.91 Å². The summed E-state index contributed by atoms with van der Waals surface area (Å²) in [4.78, 5) is 13.6. The standard InChI is InChI=1S/C11H4BrClF2N2O3/c12-5-1-7(14)11(15)8(2-5)20-10-4-6(17(18)19)3-9(13)16-10/h1-4H. The number of aromatic nitrogens is 1. The average molecular weight is 366 g/mol. The van der Waals surface area contributed by atoms with Gasteiger partial charge in [-0.15, -0.1) is 0 Å². The maximum absolute atomic E-state index is 13.5. The van der Waals surface area contributed by atoms with Gasteiger partial charge in [-0.3, -0.25) is 10.1 Å². The lowest BCUT2D eigenvalue weighted by molar-refractivity contribution is -0.385. The van der Waals surface area contributed by atoms with Crippen LogP contribution in [0.1, 0.15) is 0 Å². The summed E-state index contributed by atoms with van der Waals surface area (Å²) < 4.78 is 31.9. The predicted octanol–water partition coefficient (Wildman–Crippen LogP) is 4.48.